The molecule has 0 saturated carbocycles. The summed E-state index contributed by atoms with van der Waals surface area (Å²) in [5.74, 6) is -2.84. The fourth-order valence-corrected chi connectivity index (χ4v) is 2.34. The summed E-state index contributed by atoms with van der Waals surface area (Å²) in [7, 11) is 0. The van der Waals surface area contributed by atoms with E-state index in [2.05, 4.69) is 15.1 Å². The number of aliphatic hydroxyl groups is 1. The minimum absolute atomic E-state index is 0.199. The number of phenols is 2. The Kier molecular flexibility index (Phi) is 4.60. The van der Waals surface area contributed by atoms with Gasteiger partial charge in [-0.1, -0.05) is 11.2 Å². The Morgan fingerprint density at radius 2 is 1.96 bits per heavy atom. The third kappa shape index (κ3) is 3.42. The van der Waals surface area contributed by atoms with Crippen LogP contribution in [0.4, 0.5) is 18.9 Å². The van der Waals surface area contributed by atoms with Crippen LogP contribution in [0.15, 0.2) is 35.0 Å². The number of aliphatic hydroxyl groups excluding tert-OH is 1. The summed E-state index contributed by atoms with van der Waals surface area (Å²) in [4.78, 5) is 16.8. The predicted octanol–water partition coefficient (Wildman–Crippen LogP) is 2.55. The number of nitro benzene ring substituents is 1. The number of rotatable bonds is 4. The first-order valence-electron chi connectivity index (χ1n) is 7.34. The summed E-state index contributed by atoms with van der Waals surface area (Å²) < 4.78 is 43.9. The monoisotopic (exact) mass is 398 g/mol. The molecule has 0 spiro atoms. The van der Waals surface area contributed by atoms with Crippen molar-refractivity contribution in [1.29, 1.82) is 0 Å². The SMILES string of the molecule is O=[N+]([O-])c1cc(-c2nc(C(O)c3cccnc3C(F)(F)F)no2)cc(O)c1O. The van der Waals surface area contributed by atoms with Gasteiger partial charge in [-0.15, -0.1) is 0 Å². The molecule has 28 heavy (non-hydrogen) atoms. The molecule has 1 aromatic carbocycles. The number of phenolic OH excluding ortho intramolecular Hbond substituents is 2. The number of benzene rings is 1. The lowest BCUT2D eigenvalue weighted by Crippen LogP contribution is -2.15. The summed E-state index contributed by atoms with van der Waals surface area (Å²) in [6.45, 7) is 0. The molecular weight excluding hydrogens is 389 g/mol. The van der Waals surface area contributed by atoms with Gasteiger partial charge in [0.2, 0.25) is 11.6 Å². The summed E-state index contributed by atoms with van der Waals surface area (Å²) >= 11 is 0. The van der Waals surface area contributed by atoms with Gasteiger partial charge in [-0.25, -0.2) is 0 Å². The van der Waals surface area contributed by atoms with Crippen molar-refractivity contribution in [2.75, 3.05) is 0 Å². The van der Waals surface area contributed by atoms with Crippen molar-refractivity contribution in [2.24, 2.45) is 0 Å². The second-order valence-corrected chi connectivity index (χ2v) is 5.42. The molecule has 0 saturated heterocycles. The average Bonchev–Trinajstić information content (AvgIpc) is 3.12. The number of aromatic hydroxyl groups is 2. The Morgan fingerprint density at radius 3 is 2.61 bits per heavy atom. The maximum absolute atomic E-state index is 13.0. The van der Waals surface area contributed by atoms with Crippen LogP contribution < -0.4 is 0 Å². The minimum Gasteiger partial charge on any atom is -0.504 e. The van der Waals surface area contributed by atoms with Crippen molar-refractivity contribution >= 4 is 5.69 Å². The Balaban J connectivity index is 2.01. The molecule has 3 aromatic rings. The number of alkyl halides is 3. The number of hydrogen-bond donors (Lipinski definition) is 3. The van der Waals surface area contributed by atoms with E-state index in [0.29, 0.717) is 0 Å². The Labute approximate surface area is 152 Å². The molecule has 1 atom stereocenters. The average molecular weight is 398 g/mol. The van der Waals surface area contributed by atoms with Gasteiger partial charge < -0.3 is 19.8 Å². The second kappa shape index (κ2) is 6.77. The van der Waals surface area contributed by atoms with E-state index in [1.807, 2.05) is 0 Å². The van der Waals surface area contributed by atoms with Gasteiger partial charge in [0, 0.05) is 17.8 Å². The molecule has 2 heterocycles. The standard InChI is InChI=1S/C15H9F3N4O6/c16-15(17,18)12-7(2-1-3-19-12)10(24)13-20-14(28-21-13)6-4-8(22(26)27)11(25)9(23)5-6/h1-5,10,23-25H. The van der Waals surface area contributed by atoms with Crippen molar-refractivity contribution in [2.45, 2.75) is 12.3 Å². The molecule has 2 aromatic heterocycles. The van der Waals surface area contributed by atoms with Crippen LogP contribution >= 0.6 is 0 Å². The maximum atomic E-state index is 13.0. The van der Waals surface area contributed by atoms with Gasteiger partial charge in [0.1, 0.15) is 6.10 Å². The third-order valence-corrected chi connectivity index (χ3v) is 3.60. The summed E-state index contributed by atoms with van der Waals surface area (Å²) in [5, 5.41) is 43.6. The van der Waals surface area contributed by atoms with Crippen molar-refractivity contribution < 1.29 is 37.9 Å². The van der Waals surface area contributed by atoms with Crippen LogP contribution in [0.25, 0.3) is 11.5 Å². The van der Waals surface area contributed by atoms with E-state index in [1.54, 1.807) is 0 Å². The van der Waals surface area contributed by atoms with Gasteiger partial charge in [0.05, 0.1) is 10.5 Å². The number of hydrogen-bond acceptors (Lipinski definition) is 9. The van der Waals surface area contributed by atoms with E-state index in [-0.39, 0.29) is 5.56 Å². The lowest BCUT2D eigenvalue weighted by Gasteiger charge is -2.13. The molecule has 0 bridgehead atoms. The Bertz CT molecular complexity index is 1050. The van der Waals surface area contributed by atoms with Crippen molar-refractivity contribution in [3.8, 4) is 23.0 Å². The van der Waals surface area contributed by atoms with Crippen molar-refractivity contribution in [3.63, 3.8) is 0 Å². The zero-order valence-corrected chi connectivity index (χ0v) is 13.5. The van der Waals surface area contributed by atoms with Crippen molar-refractivity contribution in [1.82, 2.24) is 15.1 Å². The normalized spacial score (nSPS) is 12.7. The first kappa shape index (κ1) is 19.0. The van der Waals surface area contributed by atoms with E-state index in [1.165, 1.54) is 6.07 Å². The molecule has 0 radical (unpaired) electrons. The fourth-order valence-electron chi connectivity index (χ4n) is 2.34. The predicted molar refractivity (Wildman–Crippen MR) is 83.0 cm³/mol. The first-order valence-corrected chi connectivity index (χ1v) is 7.34. The molecule has 0 aliphatic carbocycles. The zero-order chi connectivity index (χ0) is 20.6. The summed E-state index contributed by atoms with van der Waals surface area (Å²) in [6.07, 6.45) is -5.89. The van der Waals surface area contributed by atoms with Gasteiger partial charge in [-0.05, 0) is 12.1 Å². The molecule has 0 aliphatic heterocycles. The van der Waals surface area contributed by atoms with Gasteiger partial charge in [-0.3, -0.25) is 15.1 Å². The molecular formula is C15H9F3N4O6. The highest BCUT2D eigenvalue weighted by molar-refractivity contribution is 5.67. The highest BCUT2D eigenvalue weighted by atomic mass is 19.4. The number of nitrogens with zero attached hydrogens (tertiary/aromatic N) is 4. The maximum Gasteiger partial charge on any atom is 0.433 e. The van der Waals surface area contributed by atoms with Crippen LogP contribution in [0.1, 0.15) is 23.2 Å². The lowest BCUT2D eigenvalue weighted by molar-refractivity contribution is -0.385. The molecule has 146 valence electrons. The van der Waals surface area contributed by atoms with Crippen molar-refractivity contribution in [3.05, 3.63) is 57.7 Å². The molecule has 0 aliphatic rings. The molecule has 10 nitrogen and oxygen atoms in total. The molecule has 1 unspecified atom stereocenters. The summed E-state index contributed by atoms with van der Waals surface area (Å²) in [6, 6.07) is 3.84. The quantitative estimate of drug-likeness (QED) is 0.341. The van der Waals surface area contributed by atoms with Gasteiger partial charge in [0.25, 0.3) is 5.89 Å². The molecule has 0 amide bonds. The largest absolute Gasteiger partial charge is 0.504 e. The van der Waals surface area contributed by atoms with Gasteiger partial charge in [-0.2, -0.15) is 18.2 Å². The van der Waals surface area contributed by atoms with Crippen LogP contribution in [-0.4, -0.2) is 35.4 Å². The fraction of sp³-hybridized carbons (Fsp3) is 0.133. The van der Waals surface area contributed by atoms with E-state index < -0.39 is 57.4 Å². The topological polar surface area (TPSA) is 156 Å². The van der Waals surface area contributed by atoms with Crippen LogP contribution in [0, 0.1) is 10.1 Å². The summed E-state index contributed by atoms with van der Waals surface area (Å²) in [5.41, 5.74) is -3.02. The van der Waals surface area contributed by atoms with Crippen LogP contribution in [-0.2, 0) is 6.18 Å². The highest BCUT2D eigenvalue weighted by Crippen LogP contribution is 2.39. The molecule has 0 fully saturated rings. The molecule has 13 heteroatoms. The number of pyridine rings is 1. The molecule has 3 N–H and O–H groups in total. The van der Waals surface area contributed by atoms with E-state index in [0.717, 1.165) is 24.4 Å². The van der Waals surface area contributed by atoms with Crippen LogP contribution in [0.2, 0.25) is 0 Å². The lowest BCUT2D eigenvalue weighted by atomic mass is 10.1. The number of nitro groups is 1. The second-order valence-electron chi connectivity index (χ2n) is 5.42. The molecule has 3 rings (SSSR count). The minimum atomic E-state index is -4.84. The number of halogens is 3. The smallest absolute Gasteiger partial charge is 0.433 e. The Morgan fingerprint density at radius 1 is 1.25 bits per heavy atom. The van der Waals surface area contributed by atoms with E-state index in [9.17, 15) is 38.6 Å². The highest BCUT2D eigenvalue weighted by Gasteiger charge is 2.38. The van der Waals surface area contributed by atoms with Crippen LogP contribution in [0.5, 0.6) is 11.5 Å². The van der Waals surface area contributed by atoms with Gasteiger partial charge in [0.15, 0.2) is 11.4 Å². The van der Waals surface area contributed by atoms with Crippen LogP contribution in [0.3, 0.4) is 0 Å². The van der Waals surface area contributed by atoms with E-state index in [4.69, 9.17) is 4.52 Å². The zero-order valence-electron chi connectivity index (χ0n) is 13.5. The van der Waals surface area contributed by atoms with E-state index >= 15 is 0 Å². The first-order chi connectivity index (χ1) is 13.1. The van der Waals surface area contributed by atoms with Gasteiger partial charge >= 0.3 is 11.9 Å². The Hall–Kier alpha value is -3.74. The number of aromatic nitrogens is 3. The third-order valence-electron chi connectivity index (χ3n) is 3.60.